The van der Waals surface area contributed by atoms with Gasteiger partial charge >= 0.3 is 0 Å². The fraction of sp³-hybridized carbons (Fsp3) is 0.400. The van der Waals surface area contributed by atoms with Gasteiger partial charge in [-0.15, -0.1) is 0 Å². The van der Waals surface area contributed by atoms with Gasteiger partial charge < -0.3 is 9.73 Å². The van der Waals surface area contributed by atoms with Crippen molar-refractivity contribution in [3.05, 3.63) is 41.4 Å². The fourth-order valence-corrected chi connectivity index (χ4v) is 2.30. The van der Waals surface area contributed by atoms with E-state index < -0.39 is 0 Å². The van der Waals surface area contributed by atoms with Crippen LogP contribution in [-0.2, 0) is 6.54 Å². The van der Waals surface area contributed by atoms with E-state index in [4.69, 9.17) is 4.42 Å². The molecule has 1 aromatic heterocycles. The van der Waals surface area contributed by atoms with Gasteiger partial charge in [0.2, 0.25) is 0 Å². The van der Waals surface area contributed by atoms with Crippen LogP contribution in [0.3, 0.4) is 0 Å². The molecule has 94 valence electrons. The van der Waals surface area contributed by atoms with Crippen LogP contribution in [0.25, 0.3) is 11.3 Å². The van der Waals surface area contributed by atoms with Gasteiger partial charge in [0.1, 0.15) is 5.69 Å². The minimum Gasteiger partial charge on any atom is -0.443 e. The van der Waals surface area contributed by atoms with Gasteiger partial charge in [0.15, 0.2) is 12.2 Å². The Bertz CT molecular complexity index is 535. The Morgan fingerprint density at radius 3 is 2.67 bits per heavy atom. The van der Waals surface area contributed by atoms with E-state index in [9.17, 15) is 0 Å². The fourth-order valence-electron chi connectivity index (χ4n) is 2.30. The first-order valence-electron chi connectivity index (χ1n) is 6.48. The van der Waals surface area contributed by atoms with Crippen molar-refractivity contribution >= 4 is 0 Å². The Balaban J connectivity index is 1.93. The molecule has 3 heteroatoms. The second-order valence-corrected chi connectivity index (χ2v) is 5.05. The van der Waals surface area contributed by atoms with Gasteiger partial charge in [-0.2, -0.15) is 0 Å². The maximum Gasteiger partial charge on any atom is 0.181 e. The maximum absolute atomic E-state index is 5.61. The minimum absolute atomic E-state index is 0.688. The van der Waals surface area contributed by atoms with Gasteiger partial charge in [-0.3, -0.25) is 0 Å². The molecule has 0 spiro atoms. The van der Waals surface area contributed by atoms with E-state index in [2.05, 4.69) is 42.3 Å². The monoisotopic (exact) mass is 242 g/mol. The van der Waals surface area contributed by atoms with Crippen LogP contribution < -0.4 is 5.32 Å². The predicted octanol–water partition coefficient (Wildman–Crippen LogP) is 3.21. The molecule has 1 aliphatic rings. The molecule has 0 bridgehead atoms. The first-order chi connectivity index (χ1) is 8.75. The summed E-state index contributed by atoms with van der Waals surface area (Å²) in [6.45, 7) is 5.02. The molecule has 18 heavy (non-hydrogen) atoms. The van der Waals surface area contributed by atoms with E-state index in [1.54, 1.807) is 6.39 Å². The third kappa shape index (κ3) is 2.18. The van der Waals surface area contributed by atoms with Crippen molar-refractivity contribution in [3.63, 3.8) is 0 Å². The average Bonchev–Trinajstić information content (AvgIpc) is 3.06. The zero-order chi connectivity index (χ0) is 12.5. The van der Waals surface area contributed by atoms with Gasteiger partial charge in [0.25, 0.3) is 0 Å². The summed E-state index contributed by atoms with van der Waals surface area (Å²) in [5, 5.41) is 3.49. The summed E-state index contributed by atoms with van der Waals surface area (Å²) in [5.74, 6) is 0.916. The van der Waals surface area contributed by atoms with Crippen molar-refractivity contribution in [1.82, 2.24) is 10.3 Å². The molecule has 0 saturated heterocycles. The number of benzene rings is 1. The summed E-state index contributed by atoms with van der Waals surface area (Å²) in [7, 11) is 0. The molecular weight excluding hydrogens is 224 g/mol. The highest BCUT2D eigenvalue weighted by atomic mass is 16.3. The van der Waals surface area contributed by atoms with Crippen molar-refractivity contribution in [2.45, 2.75) is 39.3 Å². The molecular formula is C15H18N2O. The first kappa shape index (κ1) is 11.5. The van der Waals surface area contributed by atoms with Crippen LogP contribution in [-0.4, -0.2) is 11.0 Å². The van der Waals surface area contributed by atoms with E-state index in [1.165, 1.54) is 29.5 Å². The topological polar surface area (TPSA) is 38.1 Å². The highest BCUT2D eigenvalue weighted by Gasteiger charge is 2.22. The van der Waals surface area contributed by atoms with Crippen LogP contribution in [0.4, 0.5) is 0 Å². The predicted molar refractivity (Wildman–Crippen MR) is 71.3 cm³/mol. The lowest BCUT2D eigenvalue weighted by Crippen LogP contribution is -2.16. The number of oxazole rings is 1. The zero-order valence-corrected chi connectivity index (χ0v) is 10.9. The Morgan fingerprint density at radius 1 is 1.28 bits per heavy atom. The van der Waals surface area contributed by atoms with E-state index in [0.717, 1.165) is 18.0 Å². The molecule has 0 aliphatic heterocycles. The quantitative estimate of drug-likeness (QED) is 0.894. The second-order valence-electron chi connectivity index (χ2n) is 5.05. The van der Waals surface area contributed by atoms with Gasteiger partial charge in [0.05, 0.1) is 0 Å². The third-order valence-corrected chi connectivity index (χ3v) is 3.48. The molecule has 1 aliphatic carbocycles. The number of nitrogens with one attached hydrogen (secondary N) is 1. The number of hydrogen-bond donors (Lipinski definition) is 1. The van der Waals surface area contributed by atoms with Gasteiger partial charge in [-0.1, -0.05) is 18.2 Å². The summed E-state index contributed by atoms with van der Waals surface area (Å²) < 4.78 is 5.61. The Hall–Kier alpha value is -1.61. The maximum atomic E-state index is 5.61. The Kier molecular flexibility index (Phi) is 2.92. The highest BCUT2D eigenvalue weighted by molar-refractivity contribution is 5.67. The highest BCUT2D eigenvalue weighted by Crippen LogP contribution is 2.30. The molecule has 1 aromatic carbocycles. The minimum atomic E-state index is 0.688. The molecule has 0 unspecified atom stereocenters. The Labute approximate surface area is 107 Å². The van der Waals surface area contributed by atoms with Crippen LogP contribution >= 0.6 is 0 Å². The van der Waals surface area contributed by atoms with Crippen molar-refractivity contribution in [2.24, 2.45) is 0 Å². The number of aromatic nitrogens is 1. The molecule has 1 N–H and O–H groups in total. The van der Waals surface area contributed by atoms with Crippen LogP contribution in [0.15, 0.2) is 29.0 Å². The zero-order valence-electron chi connectivity index (χ0n) is 10.9. The molecule has 1 saturated carbocycles. The van der Waals surface area contributed by atoms with Crippen LogP contribution in [0, 0.1) is 13.8 Å². The van der Waals surface area contributed by atoms with Crippen molar-refractivity contribution in [2.75, 3.05) is 0 Å². The van der Waals surface area contributed by atoms with E-state index >= 15 is 0 Å². The van der Waals surface area contributed by atoms with Crippen molar-refractivity contribution in [1.29, 1.82) is 0 Å². The molecule has 0 atom stereocenters. The lowest BCUT2D eigenvalue weighted by atomic mass is 9.99. The number of nitrogens with zero attached hydrogens (tertiary/aromatic N) is 1. The molecule has 3 nitrogen and oxygen atoms in total. The summed E-state index contributed by atoms with van der Waals surface area (Å²) in [4.78, 5) is 4.35. The van der Waals surface area contributed by atoms with Gasteiger partial charge in [-0.05, 0) is 37.8 Å². The Morgan fingerprint density at radius 2 is 2.00 bits per heavy atom. The number of rotatable bonds is 4. The smallest absolute Gasteiger partial charge is 0.181 e. The van der Waals surface area contributed by atoms with E-state index in [0.29, 0.717) is 6.04 Å². The second kappa shape index (κ2) is 4.58. The lowest BCUT2D eigenvalue weighted by molar-refractivity contribution is 0.568. The average molecular weight is 242 g/mol. The SMILES string of the molecule is Cc1cccc(C)c1-c1ocnc1CNC1CC1. The van der Waals surface area contributed by atoms with Crippen molar-refractivity contribution < 1.29 is 4.42 Å². The molecule has 3 rings (SSSR count). The summed E-state index contributed by atoms with van der Waals surface area (Å²) in [6, 6.07) is 6.99. The largest absolute Gasteiger partial charge is 0.443 e. The van der Waals surface area contributed by atoms with Gasteiger partial charge in [0, 0.05) is 18.2 Å². The lowest BCUT2D eigenvalue weighted by Gasteiger charge is -2.08. The number of aryl methyl sites for hydroxylation is 2. The summed E-state index contributed by atoms with van der Waals surface area (Å²) in [6.07, 6.45) is 4.12. The summed E-state index contributed by atoms with van der Waals surface area (Å²) in [5.41, 5.74) is 4.67. The van der Waals surface area contributed by atoms with Crippen LogP contribution in [0.5, 0.6) is 0 Å². The molecule has 2 aromatic rings. The molecule has 1 fully saturated rings. The third-order valence-electron chi connectivity index (χ3n) is 3.48. The number of hydrogen-bond acceptors (Lipinski definition) is 3. The van der Waals surface area contributed by atoms with Crippen LogP contribution in [0.1, 0.15) is 29.7 Å². The summed E-state index contributed by atoms with van der Waals surface area (Å²) >= 11 is 0. The van der Waals surface area contributed by atoms with E-state index in [1.807, 2.05) is 0 Å². The van der Waals surface area contributed by atoms with Gasteiger partial charge in [-0.25, -0.2) is 4.98 Å². The standard InChI is InChI=1S/C15H18N2O/c1-10-4-3-5-11(2)14(10)15-13(17-9-18-15)8-16-12-6-7-12/h3-5,9,12,16H,6-8H2,1-2H3. The molecule has 0 amide bonds. The molecule has 1 heterocycles. The first-order valence-corrected chi connectivity index (χ1v) is 6.48. The van der Waals surface area contributed by atoms with E-state index in [-0.39, 0.29) is 0 Å². The van der Waals surface area contributed by atoms with Crippen molar-refractivity contribution in [3.8, 4) is 11.3 Å². The van der Waals surface area contributed by atoms with Crippen LogP contribution in [0.2, 0.25) is 0 Å². The molecule has 0 radical (unpaired) electrons. The normalized spacial score (nSPS) is 15.0.